The van der Waals surface area contributed by atoms with Crippen LogP contribution in [0.2, 0.25) is 0 Å². The van der Waals surface area contributed by atoms with Gasteiger partial charge in [0.05, 0.1) is 11.1 Å². The van der Waals surface area contributed by atoms with Gasteiger partial charge in [-0.2, -0.15) is 0 Å². The highest BCUT2D eigenvalue weighted by atomic mass is 79.9. The average Bonchev–Trinajstić information content (AvgIpc) is 3.33. The van der Waals surface area contributed by atoms with Crippen LogP contribution in [0.25, 0.3) is 33.5 Å². The fraction of sp³-hybridized carbons (Fsp3) is 0.320. The average molecular weight is 568 g/mol. The Morgan fingerprint density at radius 1 is 0.946 bits per heavy atom. The van der Waals surface area contributed by atoms with Gasteiger partial charge in [0.1, 0.15) is 43.6 Å². The SMILES string of the molecule is COCOC1CN(c2ccc(-c3cc(-c4cccc(Br)c4)c4c(N)ncnc4n3)nn2)CC1OCOC. The first kappa shape index (κ1) is 25.4. The molecule has 0 spiro atoms. The largest absolute Gasteiger partial charge is 0.383 e. The summed E-state index contributed by atoms with van der Waals surface area (Å²) in [6.07, 6.45) is 1.04. The normalized spacial score (nSPS) is 17.5. The zero-order chi connectivity index (χ0) is 25.8. The zero-order valence-corrected chi connectivity index (χ0v) is 22.0. The lowest BCUT2D eigenvalue weighted by atomic mass is 10.0. The first-order valence-electron chi connectivity index (χ1n) is 11.5. The lowest BCUT2D eigenvalue weighted by Gasteiger charge is -2.18. The number of nitrogens with two attached hydrogens (primary N) is 1. The molecule has 0 amide bonds. The zero-order valence-electron chi connectivity index (χ0n) is 20.4. The third-order valence-corrected chi connectivity index (χ3v) is 6.51. The van der Waals surface area contributed by atoms with Gasteiger partial charge >= 0.3 is 0 Å². The summed E-state index contributed by atoms with van der Waals surface area (Å²) in [7, 11) is 3.18. The Labute approximate surface area is 222 Å². The molecule has 1 aliphatic rings. The van der Waals surface area contributed by atoms with Gasteiger partial charge in [-0.3, -0.25) is 0 Å². The summed E-state index contributed by atoms with van der Waals surface area (Å²) in [5.41, 5.74) is 9.76. The molecule has 37 heavy (non-hydrogen) atoms. The molecule has 0 radical (unpaired) electrons. The molecule has 3 aromatic heterocycles. The van der Waals surface area contributed by atoms with Crippen molar-refractivity contribution >= 4 is 38.6 Å². The molecule has 5 rings (SSSR count). The number of hydrogen-bond acceptors (Lipinski definition) is 11. The third kappa shape index (κ3) is 5.53. The van der Waals surface area contributed by atoms with Gasteiger partial charge in [0, 0.05) is 31.8 Å². The number of nitrogen functional groups attached to an aromatic ring is 1. The number of benzene rings is 1. The first-order valence-corrected chi connectivity index (χ1v) is 12.3. The van der Waals surface area contributed by atoms with Crippen LogP contribution in [0.15, 0.2) is 53.3 Å². The van der Waals surface area contributed by atoms with Crippen LogP contribution in [0.1, 0.15) is 0 Å². The van der Waals surface area contributed by atoms with E-state index in [0.29, 0.717) is 47.1 Å². The monoisotopic (exact) mass is 567 g/mol. The molecule has 0 saturated carbocycles. The van der Waals surface area contributed by atoms with E-state index in [0.717, 1.165) is 15.6 Å². The molecule has 12 heteroatoms. The summed E-state index contributed by atoms with van der Waals surface area (Å²) < 4.78 is 22.7. The van der Waals surface area contributed by atoms with Crippen LogP contribution in [0.4, 0.5) is 11.6 Å². The molecule has 0 aliphatic carbocycles. The van der Waals surface area contributed by atoms with Crippen molar-refractivity contribution in [3.8, 4) is 22.5 Å². The number of halogens is 1. The van der Waals surface area contributed by atoms with Crippen molar-refractivity contribution in [1.82, 2.24) is 25.1 Å². The van der Waals surface area contributed by atoms with E-state index in [9.17, 15) is 0 Å². The standard InChI is InChI=1S/C25H26BrN7O4/c1-34-13-36-20-10-33(11-21(20)37-14-35-2)22-7-6-18(31-32-22)19-9-17(15-4-3-5-16(26)8-15)23-24(27)28-12-29-25(23)30-19/h3-9,12,20-21H,10-11,13-14H2,1-2H3,(H2,27,28,29,30). The lowest BCUT2D eigenvalue weighted by molar-refractivity contribution is -0.139. The molecule has 4 aromatic rings. The topological polar surface area (TPSA) is 131 Å². The Balaban J connectivity index is 1.45. The van der Waals surface area contributed by atoms with E-state index in [1.54, 1.807) is 14.2 Å². The van der Waals surface area contributed by atoms with Gasteiger partial charge in [-0.15, -0.1) is 10.2 Å². The summed E-state index contributed by atoms with van der Waals surface area (Å²) in [5, 5.41) is 9.65. The molecule has 1 fully saturated rings. The maximum Gasteiger partial charge on any atom is 0.165 e. The van der Waals surface area contributed by atoms with Crippen molar-refractivity contribution in [1.29, 1.82) is 0 Å². The maximum atomic E-state index is 6.22. The Bertz CT molecular complexity index is 1360. The first-order chi connectivity index (χ1) is 18.1. The van der Waals surface area contributed by atoms with Crippen molar-refractivity contribution in [3.63, 3.8) is 0 Å². The molecule has 2 unspecified atom stereocenters. The lowest BCUT2D eigenvalue weighted by Crippen LogP contribution is -2.31. The van der Waals surface area contributed by atoms with Crippen LogP contribution >= 0.6 is 15.9 Å². The number of pyridine rings is 1. The van der Waals surface area contributed by atoms with Crippen molar-refractivity contribution in [2.24, 2.45) is 0 Å². The maximum absolute atomic E-state index is 6.22. The summed E-state index contributed by atoms with van der Waals surface area (Å²) in [6.45, 7) is 1.53. The molecule has 0 bridgehead atoms. The molecule has 192 valence electrons. The molecule has 11 nitrogen and oxygen atoms in total. The van der Waals surface area contributed by atoms with E-state index < -0.39 is 0 Å². The van der Waals surface area contributed by atoms with E-state index in [1.165, 1.54) is 6.33 Å². The van der Waals surface area contributed by atoms with E-state index in [1.807, 2.05) is 42.5 Å². The molecule has 2 N–H and O–H groups in total. The summed E-state index contributed by atoms with van der Waals surface area (Å²) in [4.78, 5) is 15.3. The second kappa shape index (κ2) is 11.4. The summed E-state index contributed by atoms with van der Waals surface area (Å²) in [6, 6.07) is 13.7. The number of ether oxygens (including phenoxy) is 4. The highest BCUT2D eigenvalue weighted by Gasteiger charge is 2.35. The number of aromatic nitrogens is 5. The predicted molar refractivity (Wildman–Crippen MR) is 142 cm³/mol. The van der Waals surface area contributed by atoms with Gasteiger partial charge in [-0.05, 0) is 41.5 Å². The quantitative estimate of drug-likeness (QED) is 0.299. The Hall–Kier alpha value is -3.29. The molecule has 4 heterocycles. The minimum atomic E-state index is -0.184. The molecule has 1 aliphatic heterocycles. The fourth-order valence-electron chi connectivity index (χ4n) is 4.30. The number of methoxy groups -OCH3 is 2. The van der Waals surface area contributed by atoms with Gasteiger partial charge in [0.25, 0.3) is 0 Å². The third-order valence-electron chi connectivity index (χ3n) is 6.02. The number of rotatable bonds is 9. The molecule has 1 saturated heterocycles. The second-order valence-electron chi connectivity index (χ2n) is 8.43. The number of anilines is 2. The smallest absolute Gasteiger partial charge is 0.165 e. The minimum Gasteiger partial charge on any atom is -0.383 e. The molecular weight excluding hydrogens is 542 g/mol. The van der Waals surface area contributed by atoms with Crippen LogP contribution < -0.4 is 10.6 Å². The van der Waals surface area contributed by atoms with Crippen LogP contribution in [-0.4, -0.2) is 78.3 Å². The van der Waals surface area contributed by atoms with Crippen molar-refractivity contribution < 1.29 is 18.9 Å². The van der Waals surface area contributed by atoms with Crippen molar-refractivity contribution in [3.05, 3.63) is 53.3 Å². The predicted octanol–water partition coefficient (Wildman–Crippen LogP) is 3.29. The Kier molecular flexibility index (Phi) is 7.82. The number of hydrogen-bond donors (Lipinski definition) is 1. The van der Waals surface area contributed by atoms with Crippen LogP contribution in [0, 0.1) is 0 Å². The number of nitrogens with zero attached hydrogens (tertiary/aromatic N) is 6. The Morgan fingerprint density at radius 3 is 2.35 bits per heavy atom. The van der Waals surface area contributed by atoms with E-state index in [4.69, 9.17) is 29.7 Å². The highest BCUT2D eigenvalue weighted by Crippen LogP contribution is 2.34. The summed E-state index contributed by atoms with van der Waals surface area (Å²) >= 11 is 3.54. The van der Waals surface area contributed by atoms with Gasteiger partial charge < -0.3 is 29.6 Å². The van der Waals surface area contributed by atoms with Gasteiger partial charge in [0.2, 0.25) is 0 Å². The fourth-order valence-corrected chi connectivity index (χ4v) is 4.69. The highest BCUT2D eigenvalue weighted by molar-refractivity contribution is 9.10. The number of fused-ring (bicyclic) bond motifs is 1. The van der Waals surface area contributed by atoms with E-state index >= 15 is 0 Å². The van der Waals surface area contributed by atoms with Gasteiger partial charge in [-0.25, -0.2) is 15.0 Å². The van der Waals surface area contributed by atoms with Crippen molar-refractivity contribution in [2.45, 2.75) is 12.2 Å². The van der Waals surface area contributed by atoms with E-state index in [-0.39, 0.29) is 25.8 Å². The molecule has 1 aromatic carbocycles. The van der Waals surface area contributed by atoms with Crippen LogP contribution in [0.5, 0.6) is 0 Å². The van der Waals surface area contributed by atoms with E-state index in [2.05, 4.69) is 41.0 Å². The molecule has 2 atom stereocenters. The van der Waals surface area contributed by atoms with Crippen molar-refractivity contribution in [2.75, 3.05) is 51.5 Å². The van der Waals surface area contributed by atoms with Crippen LogP contribution in [-0.2, 0) is 18.9 Å². The molecular formula is C25H26BrN7O4. The van der Waals surface area contributed by atoms with Crippen LogP contribution in [0.3, 0.4) is 0 Å². The Morgan fingerprint density at radius 2 is 1.70 bits per heavy atom. The minimum absolute atomic E-state index is 0.179. The van der Waals surface area contributed by atoms with Gasteiger partial charge in [-0.1, -0.05) is 28.1 Å². The summed E-state index contributed by atoms with van der Waals surface area (Å²) in [5.74, 6) is 1.07. The van der Waals surface area contributed by atoms with Gasteiger partial charge in [0.15, 0.2) is 11.5 Å². The second-order valence-corrected chi connectivity index (χ2v) is 9.34.